The summed E-state index contributed by atoms with van der Waals surface area (Å²) in [6, 6.07) is 15.5. The predicted octanol–water partition coefficient (Wildman–Crippen LogP) is 3.76. The Hall–Kier alpha value is -2.01. The molecule has 0 bridgehead atoms. The third-order valence-corrected chi connectivity index (χ3v) is 5.79. The van der Waals surface area contributed by atoms with E-state index in [-0.39, 0.29) is 12.4 Å². The fourth-order valence-electron chi connectivity index (χ4n) is 4.16. The molecule has 4 rings (SSSR count). The molecule has 28 heavy (non-hydrogen) atoms. The Morgan fingerprint density at radius 3 is 2.54 bits per heavy atom. The van der Waals surface area contributed by atoms with Crippen molar-refractivity contribution in [3.05, 3.63) is 65.4 Å². The van der Waals surface area contributed by atoms with Crippen molar-refractivity contribution in [2.24, 2.45) is 5.73 Å². The quantitative estimate of drug-likeness (QED) is 0.664. The average molecular weight is 399 g/mol. The van der Waals surface area contributed by atoms with Crippen molar-refractivity contribution in [2.45, 2.75) is 19.8 Å². The summed E-state index contributed by atoms with van der Waals surface area (Å²) in [5, 5.41) is 1.34. The second-order valence-corrected chi connectivity index (χ2v) is 7.60. The number of nitrogens with zero attached hydrogens (tertiary/aromatic N) is 2. The van der Waals surface area contributed by atoms with Crippen LogP contribution in [0.2, 0.25) is 0 Å². The summed E-state index contributed by atoms with van der Waals surface area (Å²) in [4.78, 5) is 8.48. The van der Waals surface area contributed by atoms with Gasteiger partial charge in [0.05, 0.1) is 0 Å². The Labute approximate surface area is 174 Å². The van der Waals surface area contributed by atoms with Crippen LogP contribution in [0.5, 0.6) is 0 Å². The van der Waals surface area contributed by atoms with E-state index in [2.05, 4.69) is 70.4 Å². The molecule has 1 saturated heterocycles. The van der Waals surface area contributed by atoms with E-state index in [0.717, 1.165) is 45.6 Å². The highest BCUT2D eigenvalue weighted by Crippen LogP contribution is 2.22. The number of piperazine rings is 1. The largest absolute Gasteiger partial charge is 0.369 e. The summed E-state index contributed by atoms with van der Waals surface area (Å²) in [5.74, 6) is 0. The number of aromatic amines is 1. The van der Waals surface area contributed by atoms with Gasteiger partial charge in [0.15, 0.2) is 0 Å². The fraction of sp³-hybridized carbons (Fsp3) is 0.391. The van der Waals surface area contributed by atoms with E-state index in [4.69, 9.17) is 5.73 Å². The maximum Gasteiger partial charge on any atom is 0.0456 e. The highest BCUT2D eigenvalue weighted by Gasteiger charge is 2.18. The van der Waals surface area contributed by atoms with E-state index >= 15 is 0 Å². The number of halogens is 1. The number of hydrogen-bond donors (Lipinski definition) is 2. The monoisotopic (exact) mass is 398 g/mol. The Kier molecular flexibility index (Phi) is 7.00. The molecule has 1 aliphatic rings. The topological polar surface area (TPSA) is 48.3 Å². The predicted molar refractivity (Wildman–Crippen MR) is 122 cm³/mol. The van der Waals surface area contributed by atoms with Crippen molar-refractivity contribution >= 4 is 29.0 Å². The lowest BCUT2D eigenvalue weighted by Crippen LogP contribution is -2.47. The molecule has 3 aromatic rings. The number of H-pyrrole nitrogens is 1. The van der Waals surface area contributed by atoms with Crippen LogP contribution in [0.25, 0.3) is 10.9 Å². The van der Waals surface area contributed by atoms with Crippen molar-refractivity contribution in [3.8, 4) is 0 Å². The van der Waals surface area contributed by atoms with E-state index in [9.17, 15) is 0 Å². The summed E-state index contributed by atoms with van der Waals surface area (Å²) in [7, 11) is 0. The first-order valence-corrected chi connectivity index (χ1v) is 10.1. The van der Waals surface area contributed by atoms with Gasteiger partial charge in [0.2, 0.25) is 0 Å². The summed E-state index contributed by atoms with van der Waals surface area (Å²) in [6.45, 7) is 8.53. The molecular weight excluding hydrogens is 368 g/mol. The molecule has 3 N–H and O–H groups in total. The van der Waals surface area contributed by atoms with Gasteiger partial charge in [-0.3, -0.25) is 4.90 Å². The number of para-hydroxylation sites is 1. The minimum absolute atomic E-state index is 0. The van der Waals surface area contributed by atoms with Gasteiger partial charge in [-0.05, 0) is 61.2 Å². The minimum atomic E-state index is 0. The molecule has 1 aliphatic heterocycles. The van der Waals surface area contributed by atoms with Crippen LogP contribution in [0.3, 0.4) is 0 Å². The van der Waals surface area contributed by atoms with Crippen LogP contribution in [0.15, 0.2) is 48.7 Å². The van der Waals surface area contributed by atoms with Gasteiger partial charge in [-0.2, -0.15) is 0 Å². The Bertz CT molecular complexity index is 897. The van der Waals surface area contributed by atoms with Gasteiger partial charge in [0, 0.05) is 55.5 Å². The van der Waals surface area contributed by atoms with Gasteiger partial charge in [0.1, 0.15) is 0 Å². The molecule has 2 heterocycles. The molecule has 0 aliphatic carbocycles. The van der Waals surface area contributed by atoms with Crippen LogP contribution in [-0.4, -0.2) is 49.2 Å². The highest BCUT2D eigenvalue weighted by atomic mass is 35.5. The molecule has 1 fully saturated rings. The third kappa shape index (κ3) is 4.52. The number of aryl methyl sites for hydroxylation is 1. The maximum atomic E-state index is 5.74. The van der Waals surface area contributed by atoms with E-state index < -0.39 is 0 Å². The molecule has 1 aromatic heterocycles. The lowest BCUT2D eigenvalue weighted by molar-refractivity contribution is 0.261. The summed E-state index contributed by atoms with van der Waals surface area (Å²) in [5.41, 5.74) is 12.5. The number of fused-ring (bicyclic) bond motifs is 1. The number of rotatable bonds is 6. The fourth-order valence-corrected chi connectivity index (χ4v) is 4.16. The summed E-state index contributed by atoms with van der Waals surface area (Å²) >= 11 is 0. The first-order chi connectivity index (χ1) is 13.2. The van der Waals surface area contributed by atoms with Gasteiger partial charge >= 0.3 is 0 Å². The maximum absolute atomic E-state index is 5.74. The van der Waals surface area contributed by atoms with Crippen LogP contribution in [0, 0.1) is 6.92 Å². The average Bonchev–Trinajstić information content (AvgIpc) is 3.10. The smallest absolute Gasteiger partial charge is 0.0456 e. The number of anilines is 1. The number of hydrogen-bond acceptors (Lipinski definition) is 3. The molecule has 0 radical (unpaired) electrons. The SMILES string of the molecule is Cc1ccccc1N1CCN(CCc2ccc3[nH]cc(CCN)c3c2)CC1.Cl. The van der Waals surface area contributed by atoms with Crippen molar-refractivity contribution < 1.29 is 0 Å². The van der Waals surface area contributed by atoms with Crippen molar-refractivity contribution in [1.29, 1.82) is 0 Å². The van der Waals surface area contributed by atoms with Gasteiger partial charge in [-0.15, -0.1) is 12.4 Å². The van der Waals surface area contributed by atoms with E-state index in [1.54, 1.807) is 0 Å². The molecule has 0 saturated carbocycles. The lowest BCUT2D eigenvalue weighted by Gasteiger charge is -2.36. The lowest BCUT2D eigenvalue weighted by atomic mass is 10.0. The number of nitrogens with two attached hydrogens (primary N) is 1. The second-order valence-electron chi connectivity index (χ2n) is 7.60. The van der Waals surface area contributed by atoms with Crippen LogP contribution >= 0.6 is 12.4 Å². The van der Waals surface area contributed by atoms with Gasteiger partial charge in [0.25, 0.3) is 0 Å². The summed E-state index contributed by atoms with van der Waals surface area (Å²) in [6.07, 6.45) is 4.14. The van der Waals surface area contributed by atoms with Crippen LogP contribution in [0.1, 0.15) is 16.7 Å². The normalized spacial score (nSPS) is 15.0. The van der Waals surface area contributed by atoms with E-state index in [1.165, 1.54) is 33.3 Å². The zero-order chi connectivity index (χ0) is 18.6. The number of nitrogens with one attached hydrogen (secondary N) is 1. The van der Waals surface area contributed by atoms with Crippen molar-refractivity contribution in [1.82, 2.24) is 9.88 Å². The molecule has 150 valence electrons. The molecule has 5 heteroatoms. The standard InChI is InChI=1S/C23H30N4.ClH/c1-18-4-2-3-5-23(18)27-14-12-26(13-15-27)11-9-19-6-7-22-21(16-19)20(8-10-24)17-25-22;/h2-7,16-17,25H,8-15,24H2,1H3;1H. The van der Waals surface area contributed by atoms with Crippen LogP contribution in [0.4, 0.5) is 5.69 Å². The number of aromatic nitrogens is 1. The van der Waals surface area contributed by atoms with Gasteiger partial charge in [-0.25, -0.2) is 0 Å². The first-order valence-electron chi connectivity index (χ1n) is 10.1. The van der Waals surface area contributed by atoms with Crippen LogP contribution in [-0.2, 0) is 12.8 Å². The van der Waals surface area contributed by atoms with Gasteiger partial charge in [-0.1, -0.05) is 24.3 Å². The Morgan fingerprint density at radius 1 is 1.00 bits per heavy atom. The van der Waals surface area contributed by atoms with Gasteiger partial charge < -0.3 is 15.6 Å². The molecule has 0 spiro atoms. The molecular formula is C23H31ClN4. The van der Waals surface area contributed by atoms with Crippen molar-refractivity contribution in [3.63, 3.8) is 0 Å². The summed E-state index contributed by atoms with van der Waals surface area (Å²) < 4.78 is 0. The zero-order valence-corrected chi connectivity index (χ0v) is 17.5. The zero-order valence-electron chi connectivity index (χ0n) is 16.7. The second kappa shape index (κ2) is 9.46. The Balaban J connectivity index is 0.00000225. The molecule has 2 aromatic carbocycles. The van der Waals surface area contributed by atoms with Crippen LogP contribution < -0.4 is 10.6 Å². The first kappa shape index (κ1) is 20.7. The van der Waals surface area contributed by atoms with E-state index in [1.807, 2.05) is 0 Å². The molecule has 0 atom stereocenters. The third-order valence-electron chi connectivity index (χ3n) is 5.79. The Morgan fingerprint density at radius 2 is 1.79 bits per heavy atom. The molecule has 0 amide bonds. The minimum Gasteiger partial charge on any atom is -0.369 e. The molecule has 4 nitrogen and oxygen atoms in total. The highest BCUT2D eigenvalue weighted by molar-refractivity contribution is 5.85. The number of benzene rings is 2. The molecule has 0 unspecified atom stereocenters. The van der Waals surface area contributed by atoms with E-state index in [0.29, 0.717) is 6.54 Å². The van der Waals surface area contributed by atoms with Crippen molar-refractivity contribution in [2.75, 3.05) is 44.2 Å².